The average molecular weight is 446 g/mol. The van der Waals surface area contributed by atoms with Crippen LogP contribution in [0.25, 0.3) is 11.4 Å². The summed E-state index contributed by atoms with van der Waals surface area (Å²) in [5.74, 6) is 0.900. The molecule has 30 heavy (non-hydrogen) atoms. The van der Waals surface area contributed by atoms with Crippen LogP contribution < -0.4 is 10.2 Å². The van der Waals surface area contributed by atoms with E-state index >= 15 is 0 Å². The molecule has 3 rings (SSSR count). The van der Waals surface area contributed by atoms with E-state index in [1.807, 2.05) is 26.1 Å². The molecule has 8 nitrogen and oxygen atoms in total. The van der Waals surface area contributed by atoms with Gasteiger partial charge in [-0.05, 0) is 42.8 Å². The molecule has 1 aromatic heterocycles. The van der Waals surface area contributed by atoms with Gasteiger partial charge < -0.3 is 14.4 Å². The van der Waals surface area contributed by atoms with Crippen molar-refractivity contribution in [3.8, 4) is 22.9 Å². The number of phenolic OH excluding ortho intramolecular Hbond substituents is 1. The van der Waals surface area contributed by atoms with Gasteiger partial charge in [-0.15, -0.1) is 10.2 Å². The van der Waals surface area contributed by atoms with Crippen LogP contribution in [0.5, 0.6) is 11.5 Å². The molecule has 0 aliphatic rings. The molecule has 0 spiro atoms. The molecule has 3 aromatic rings. The fourth-order valence-electron chi connectivity index (χ4n) is 2.55. The molecule has 10 heteroatoms. The number of amides is 1. The van der Waals surface area contributed by atoms with Gasteiger partial charge >= 0.3 is 0 Å². The van der Waals surface area contributed by atoms with Gasteiger partial charge in [0.05, 0.1) is 18.6 Å². The highest BCUT2D eigenvalue weighted by atomic mass is 35.5. The number of phenols is 1. The van der Waals surface area contributed by atoms with Crippen molar-refractivity contribution in [1.82, 2.24) is 20.2 Å². The first kappa shape index (κ1) is 21.7. The molecule has 156 valence electrons. The van der Waals surface area contributed by atoms with E-state index in [2.05, 4.69) is 20.7 Å². The van der Waals surface area contributed by atoms with Gasteiger partial charge in [0.2, 0.25) is 0 Å². The normalized spacial score (nSPS) is 11.0. The second-order valence-corrected chi connectivity index (χ2v) is 7.50. The quantitative estimate of drug-likeness (QED) is 0.312. The van der Waals surface area contributed by atoms with Crippen molar-refractivity contribution in [2.24, 2.45) is 12.1 Å². The minimum Gasteiger partial charge on any atom is -0.504 e. The molecule has 2 N–H and O–H groups in total. The van der Waals surface area contributed by atoms with Crippen LogP contribution in [-0.4, -0.2) is 44.4 Å². The number of ether oxygens (including phenoxy) is 1. The third-order valence-corrected chi connectivity index (χ3v) is 5.19. The highest BCUT2D eigenvalue weighted by Crippen LogP contribution is 2.26. The Labute approximate surface area is 182 Å². The first-order valence-electron chi connectivity index (χ1n) is 9.03. The number of hydrazone groups is 1. The molecule has 0 fully saturated rings. The maximum Gasteiger partial charge on any atom is 0.250 e. The molecule has 0 radical (unpaired) electrons. The molecule has 0 unspecified atom stereocenters. The second kappa shape index (κ2) is 10.1. The summed E-state index contributed by atoms with van der Waals surface area (Å²) >= 11 is 7.28. The predicted octanol–water partition coefficient (Wildman–Crippen LogP) is 3.48. The molecular formula is C20H20ClN5O3S. The fourth-order valence-corrected chi connectivity index (χ4v) is 3.45. The minimum absolute atomic E-state index is 0.0143. The van der Waals surface area contributed by atoms with Gasteiger partial charge in [-0.3, -0.25) is 4.79 Å². The SMILES string of the molecule is CCOc1ccc(C=NNC(=O)CSc2nnc(-c3cccc(Cl)c3)n2C)cc1O. The third kappa shape index (κ3) is 5.52. The van der Waals surface area contributed by atoms with Crippen molar-refractivity contribution >= 4 is 35.5 Å². The number of rotatable bonds is 8. The molecule has 0 saturated heterocycles. The molecule has 0 atom stereocenters. The smallest absolute Gasteiger partial charge is 0.250 e. The van der Waals surface area contributed by atoms with Gasteiger partial charge in [0.1, 0.15) is 0 Å². The molecule has 1 heterocycles. The molecule has 0 aliphatic carbocycles. The van der Waals surface area contributed by atoms with Crippen LogP contribution in [0.2, 0.25) is 5.02 Å². The van der Waals surface area contributed by atoms with Crippen molar-refractivity contribution in [2.75, 3.05) is 12.4 Å². The van der Waals surface area contributed by atoms with E-state index in [4.69, 9.17) is 16.3 Å². The Balaban J connectivity index is 1.54. The molecule has 0 saturated carbocycles. The van der Waals surface area contributed by atoms with Gasteiger partial charge in [0.15, 0.2) is 22.5 Å². The Morgan fingerprint density at radius 1 is 1.33 bits per heavy atom. The predicted molar refractivity (Wildman–Crippen MR) is 117 cm³/mol. The molecule has 1 amide bonds. The number of carbonyl (C=O) groups is 1. The monoisotopic (exact) mass is 445 g/mol. The lowest BCUT2D eigenvalue weighted by Gasteiger charge is -2.05. The van der Waals surface area contributed by atoms with Crippen molar-refractivity contribution in [2.45, 2.75) is 12.1 Å². The van der Waals surface area contributed by atoms with E-state index in [1.54, 1.807) is 28.8 Å². The number of aromatic hydroxyl groups is 1. The van der Waals surface area contributed by atoms with Crippen LogP contribution in [-0.2, 0) is 11.8 Å². The number of thioether (sulfide) groups is 1. The number of nitrogens with one attached hydrogen (secondary N) is 1. The van der Waals surface area contributed by atoms with E-state index in [0.29, 0.717) is 33.9 Å². The lowest BCUT2D eigenvalue weighted by molar-refractivity contribution is -0.118. The second-order valence-electron chi connectivity index (χ2n) is 6.12. The average Bonchev–Trinajstić information content (AvgIpc) is 3.09. The lowest BCUT2D eigenvalue weighted by Crippen LogP contribution is -2.19. The van der Waals surface area contributed by atoms with E-state index in [1.165, 1.54) is 24.0 Å². The maximum absolute atomic E-state index is 12.1. The number of halogens is 1. The lowest BCUT2D eigenvalue weighted by atomic mass is 10.2. The van der Waals surface area contributed by atoms with Crippen molar-refractivity contribution in [1.29, 1.82) is 0 Å². The zero-order valence-corrected chi connectivity index (χ0v) is 17.9. The van der Waals surface area contributed by atoms with Crippen LogP contribution >= 0.6 is 23.4 Å². The number of hydrogen-bond donors (Lipinski definition) is 2. The van der Waals surface area contributed by atoms with Crippen LogP contribution in [0.15, 0.2) is 52.7 Å². The Bertz CT molecular complexity index is 1070. The highest BCUT2D eigenvalue weighted by Gasteiger charge is 2.13. The molecular weight excluding hydrogens is 426 g/mol. The molecule has 2 aromatic carbocycles. The van der Waals surface area contributed by atoms with Gasteiger partial charge in [-0.25, -0.2) is 5.43 Å². The molecule has 0 bridgehead atoms. The Morgan fingerprint density at radius 3 is 2.90 bits per heavy atom. The number of carbonyl (C=O) groups excluding carboxylic acids is 1. The first-order chi connectivity index (χ1) is 14.5. The van der Waals surface area contributed by atoms with Crippen molar-refractivity contribution in [3.05, 3.63) is 53.1 Å². The highest BCUT2D eigenvalue weighted by molar-refractivity contribution is 7.99. The van der Waals surface area contributed by atoms with Crippen LogP contribution in [0.1, 0.15) is 12.5 Å². The number of aromatic nitrogens is 3. The van der Waals surface area contributed by atoms with E-state index in [-0.39, 0.29) is 17.4 Å². The van der Waals surface area contributed by atoms with Gasteiger partial charge in [-0.1, -0.05) is 35.5 Å². The summed E-state index contributed by atoms with van der Waals surface area (Å²) in [4.78, 5) is 12.1. The van der Waals surface area contributed by atoms with Crippen LogP contribution in [0.3, 0.4) is 0 Å². The number of hydrogen-bond acceptors (Lipinski definition) is 7. The van der Waals surface area contributed by atoms with E-state index < -0.39 is 0 Å². The Hall–Kier alpha value is -3.04. The van der Waals surface area contributed by atoms with Gasteiger partial charge in [0.25, 0.3) is 5.91 Å². The van der Waals surface area contributed by atoms with Crippen molar-refractivity contribution < 1.29 is 14.6 Å². The Morgan fingerprint density at radius 2 is 2.17 bits per heavy atom. The van der Waals surface area contributed by atoms with Gasteiger partial charge in [-0.2, -0.15) is 5.10 Å². The summed E-state index contributed by atoms with van der Waals surface area (Å²) in [5.41, 5.74) is 3.92. The van der Waals surface area contributed by atoms with Gasteiger partial charge in [0, 0.05) is 17.6 Å². The largest absolute Gasteiger partial charge is 0.504 e. The fraction of sp³-hybridized carbons (Fsp3) is 0.200. The minimum atomic E-state index is -0.293. The maximum atomic E-state index is 12.1. The standard InChI is InChI=1S/C20H20ClN5O3S/c1-3-29-17-8-7-13(9-16(17)27)11-22-23-18(28)12-30-20-25-24-19(26(20)2)14-5-4-6-15(21)10-14/h4-11,27H,3,12H2,1-2H3,(H,23,28). The zero-order chi connectivity index (χ0) is 21.5. The van der Waals surface area contributed by atoms with E-state index in [9.17, 15) is 9.90 Å². The van der Waals surface area contributed by atoms with Crippen molar-refractivity contribution in [3.63, 3.8) is 0 Å². The number of benzene rings is 2. The molecule has 0 aliphatic heterocycles. The van der Waals surface area contributed by atoms with Crippen LogP contribution in [0, 0.1) is 0 Å². The summed E-state index contributed by atoms with van der Waals surface area (Å²) in [7, 11) is 1.83. The Kier molecular flexibility index (Phi) is 7.31. The summed E-state index contributed by atoms with van der Waals surface area (Å²) in [5, 5.41) is 23.3. The van der Waals surface area contributed by atoms with Crippen LogP contribution in [0.4, 0.5) is 0 Å². The zero-order valence-electron chi connectivity index (χ0n) is 16.4. The number of nitrogens with zero attached hydrogens (tertiary/aromatic N) is 4. The summed E-state index contributed by atoms with van der Waals surface area (Å²) in [6, 6.07) is 12.2. The summed E-state index contributed by atoms with van der Waals surface area (Å²) < 4.78 is 7.07. The topological polar surface area (TPSA) is 102 Å². The first-order valence-corrected chi connectivity index (χ1v) is 10.4. The van der Waals surface area contributed by atoms with E-state index in [0.717, 1.165) is 5.56 Å². The third-order valence-electron chi connectivity index (χ3n) is 3.94. The summed E-state index contributed by atoms with van der Waals surface area (Å²) in [6.45, 7) is 2.29. The summed E-state index contributed by atoms with van der Waals surface area (Å²) in [6.07, 6.45) is 1.44.